The van der Waals surface area contributed by atoms with Gasteiger partial charge in [0.05, 0.1) is 24.7 Å². The normalized spacial score (nSPS) is 22.9. The highest BCUT2D eigenvalue weighted by Gasteiger charge is 2.35. The first-order valence-electron chi connectivity index (χ1n) is 10.5. The van der Waals surface area contributed by atoms with Gasteiger partial charge in [0.15, 0.2) is 0 Å². The Bertz CT molecular complexity index is 707. The Kier molecular flexibility index (Phi) is 5.80. The fourth-order valence-electron chi connectivity index (χ4n) is 4.82. The molecule has 3 aliphatic rings. The van der Waals surface area contributed by atoms with E-state index in [1.807, 2.05) is 6.07 Å². The Morgan fingerprint density at radius 3 is 2.68 bits per heavy atom. The van der Waals surface area contributed by atoms with Gasteiger partial charge in [-0.3, -0.25) is 20.0 Å². The van der Waals surface area contributed by atoms with Gasteiger partial charge in [-0.15, -0.1) is 0 Å². The highest BCUT2D eigenvalue weighted by molar-refractivity contribution is 6.05. The Morgan fingerprint density at radius 1 is 1.14 bits per heavy atom. The van der Waals surface area contributed by atoms with Crippen molar-refractivity contribution in [2.75, 3.05) is 31.1 Å². The number of pyridine rings is 1. The molecule has 3 heterocycles. The fourth-order valence-corrected chi connectivity index (χ4v) is 4.82. The predicted octanol–water partition coefficient (Wildman–Crippen LogP) is 2.86. The molecule has 1 saturated carbocycles. The topological polar surface area (TPSA) is 83.6 Å². The summed E-state index contributed by atoms with van der Waals surface area (Å²) in [6.07, 6.45) is 12.7. The Labute approximate surface area is 166 Å². The number of hydrogen-bond acceptors (Lipinski definition) is 5. The SMILES string of the molecule is O=C1CCN(c2cncc(OCCC3CCC4(CCNCC4)CC3)c2)C(=O)N1. The molecule has 0 radical (unpaired) electrons. The minimum Gasteiger partial charge on any atom is -0.492 e. The maximum absolute atomic E-state index is 12.0. The average molecular weight is 386 g/mol. The Balaban J connectivity index is 1.24. The van der Waals surface area contributed by atoms with E-state index in [-0.39, 0.29) is 5.91 Å². The van der Waals surface area contributed by atoms with Gasteiger partial charge in [-0.2, -0.15) is 0 Å². The third-order valence-electron chi connectivity index (χ3n) is 6.69. The molecule has 28 heavy (non-hydrogen) atoms. The van der Waals surface area contributed by atoms with Crippen LogP contribution in [0.4, 0.5) is 10.5 Å². The predicted molar refractivity (Wildman–Crippen MR) is 106 cm³/mol. The molecule has 0 atom stereocenters. The van der Waals surface area contributed by atoms with E-state index >= 15 is 0 Å². The van der Waals surface area contributed by atoms with Crippen LogP contribution in [0, 0.1) is 11.3 Å². The molecule has 3 fully saturated rings. The molecule has 152 valence electrons. The average Bonchev–Trinajstić information content (AvgIpc) is 2.71. The largest absolute Gasteiger partial charge is 0.492 e. The first kappa shape index (κ1) is 19.2. The van der Waals surface area contributed by atoms with Gasteiger partial charge < -0.3 is 10.1 Å². The van der Waals surface area contributed by atoms with Crippen molar-refractivity contribution in [3.63, 3.8) is 0 Å². The molecule has 2 saturated heterocycles. The van der Waals surface area contributed by atoms with Gasteiger partial charge in [-0.1, -0.05) is 0 Å². The van der Waals surface area contributed by atoms with E-state index < -0.39 is 6.03 Å². The third-order valence-corrected chi connectivity index (χ3v) is 6.69. The van der Waals surface area contributed by atoms with Gasteiger partial charge in [0.1, 0.15) is 5.75 Å². The van der Waals surface area contributed by atoms with Crippen molar-refractivity contribution in [2.45, 2.75) is 51.4 Å². The number of piperidine rings is 1. The summed E-state index contributed by atoms with van der Waals surface area (Å²) in [5.41, 5.74) is 1.27. The molecule has 1 aliphatic carbocycles. The number of anilines is 1. The minimum absolute atomic E-state index is 0.236. The molecule has 3 amide bonds. The minimum atomic E-state index is -0.399. The highest BCUT2D eigenvalue weighted by Crippen LogP contribution is 2.45. The van der Waals surface area contributed by atoms with Crippen molar-refractivity contribution in [1.82, 2.24) is 15.6 Å². The molecular weight excluding hydrogens is 356 g/mol. The molecule has 7 nitrogen and oxygen atoms in total. The van der Waals surface area contributed by atoms with Crippen LogP contribution in [-0.4, -0.2) is 43.2 Å². The number of carbonyl (C=O) groups excluding carboxylic acids is 2. The quantitative estimate of drug-likeness (QED) is 0.813. The van der Waals surface area contributed by atoms with E-state index in [1.54, 1.807) is 12.4 Å². The van der Waals surface area contributed by atoms with E-state index in [4.69, 9.17) is 4.74 Å². The lowest BCUT2D eigenvalue weighted by atomic mass is 9.65. The third kappa shape index (κ3) is 4.46. The van der Waals surface area contributed by atoms with Gasteiger partial charge >= 0.3 is 6.03 Å². The summed E-state index contributed by atoms with van der Waals surface area (Å²) in [7, 11) is 0. The van der Waals surface area contributed by atoms with Crippen LogP contribution in [0.3, 0.4) is 0 Å². The number of nitrogens with one attached hydrogen (secondary N) is 2. The van der Waals surface area contributed by atoms with Crippen LogP contribution in [0.1, 0.15) is 51.4 Å². The van der Waals surface area contributed by atoms with Crippen LogP contribution in [0.2, 0.25) is 0 Å². The van der Waals surface area contributed by atoms with E-state index in [0.717, 1.165) is 12.3 Å². The zero-order valence-electron chi connectivity index (χ0n) is 16.4. The van der Waals surface area contributed by atoms with E-state index in [1.165, 1.54) is 56.5 Å². The number of amides is 3. The van der Waals surface area contributed by atoms with E-state index in [2.05, 4.69) is 15.6 Å². The molecule has 7 heteroatoms. The molecular formula is C21H30N4O3. The van der Waals surface area contributed by atoms with Crippen LogP contribution in [0.25, 0.3) is 0 Å². The number of imide groups is 1. The fraction of sp³-hybridized carbons (Fsp3) is 0.667. The molecule has 1 aromatic heterocycles. The van der Waals surface area contributed by atoms with Crippen LogP contribution < -0.4 is 20.3 Å². The van der Waals surface area contributed by atoms with Crippen molar-refractivity contribution in [1.29, 1.82) is 0 Å². The van der Waals surface area contributed by atoms with Gasteiger partial charge in [0.25, 0.3) is 0 Å². The maximum Gasteiger partial charge on any atom is 0.328 e. The first-order chi connectivity index (χ1) is 13.6. The number of hydrogen-bond donors (Lipinski definition) is 2. The lowest BCUT2D eigenvalue weighted by Crippen LogP contribution is -2.49. The van der Waals surface area contributed by atoms with Crippen molar-refractivity contribution in [3.05, 3.63) is 18.5 Å². The number of aromatic nitrogens is 1. The molecule has 4 rings (SSSR count). The van der Waals surface area contributed by atoms with E-state index in [9.17, 15) is 9.59 Å². The monoisotopic (exact) mass is 386 g/mol. The first-order valence-corrected chi connectivity index (χ1v) is 10.5. The second kappa shape index (κ2) is 8.47. The lowest BCUT2D eigenvalue weighted by molar-refractivity contribution is -0.120. The van der Waals surface area contributed by atoms with Gasteiger partial charge in [0.2, 0.25) is 5.91 Å². The van der Waals surface area contributed by atoms with Gasteiger partial charge in [-0.25, -0.2) is 4.79 Å². The summed E-state index contributed by atoms with van der Waals surface area (Å²) >= 11 is 0. The molecule has 0 aromatic carbocycles. The van der Waals surface area contributed by atoms with E-state index in [0.29, 0.717) is 36.4 Å². The van der Waals surface area contributed by atoms with Crippen molar-refractivity contribution in [2.24, 2.45) is 11.3 Å². The van der Waals surface area contributed by atoms with Crippen LogP contribution in [0.5, 0.6) is 5.75 Å². The number of ether oxygens (including phenoxy) is 1. The number of rotatable bonds is 5. The molecule has 2 aliphatic heterocycles. The number of urea groups is 1. The summed E-state index contributed by atoms with van der Waals surface area (Å²) in [6, 6.07) is 1.43. The van der Waals surface area contributed by atoms with Crippen LogP contribution >= 0.6 is 0 Å². The Morgan fingerprint density at radius 2 is 1.93 bits per heavy atom. The summed E-state index contributed by atoms with van der Waals surface area (Å²) in [5.74, 6) is 1.18. The summed E-state index contributed by atoms with van der Waals surface area (Å²) < 4.78 is 5.94. The van der Waals surface area contributed by atoms with Crippen molar-refractivity contribution in [3.8, 4) is 5.75 Å². The van der Waals surface area contributed by atoms with Gasteiger partial charge in [-0.05, 0) is 69.4 Å². The molecule has 2 N–H and O–H groups in total. The molecule has 0 unspecified atom stereocenters. The summed E-state index contributed by atoms with van der Waals surface area (Å²) in [6.45, 7) is 3.41. The lowest BCUT2D eigenvalue weighted by Gasteiger charge is -2.43. The molecule has 1 spiro atoms. The standard InChI is InChI=1S/C21H30N4O3/c26-19-3-11-25(20(27)24-19)17-13-18(15-23-14-17)28-12-4-16-1-5-21(6-2-16)7-9-22-10-8-21/h13-16,22H,1-12H2,(H,24,26,27). The smallest absolute Gasteiger partial charge is 0.328 e. The highest BCUT2D eigenvalue weighted by atomic mass is 16.5. The second-order valence-electron chi connectivity index (χ2n) is 8.46. The zero-order chi connectivity index (χ0) is 19.4. The number of nitrogens with zero attached hydrogens (tertiary/aromatic N) is 2. The molecule has 1 aromatic rings. The van der Waals surface area contributed by atoms with Crippen LogP contribution in [-0.2, 0) is 4.79 Å². The number of carbonyl (C=O) groups is 2. The Hall–Kier alpha value is -2.15. The summed E-state index contributed by atoms with van der Waals surface area (Å²) in [4.78, 5) is 29.0. The summed E-state index contributed by atoms with van der Waals surface area (Å²) in [5, 5.41) is 5.82. The van der Waals surface area contributed by atoms with Gasteiger partial charge in [0, 0.05) is 19.0 Å². The maximum atomic E-state index is 12.0. The zero-order valence-corrected chi connectivity index (χ0v) is 16.4. The second-order valence-corrected chi connectivity index (χ2v) is 8.46. The van der Waals surface area contributed by atoms with Crippen LogP contribution in [0.15, 0.2) is 18.5 Å². The molecule has 0 bridgehead atoms. The van der Waals surface area contributed by atoms with Crippen molar-refractivity contribution >= 4 is 17.6 Å². The van der Waals surface area contributed by atoms with Crippen molar-refractivity contribution < 1.29 is 14.3 Å².